The Balaban J connectivity index is 1.81. The van der Waals surface area contributed by atoms with Gasteiger partial charge in [-0.2, -0.15) is 0 Å². The lowest BCUT2D eigenvalue weighted by atomic mass is 10.2. The molecule has 22 heavy (non-hydrogen) atoms. The largest absolute Gasteiger partial charge is 0.351 e. The van der Waals surface area contributed by atoms with Crippen LogP contribution in [0.1, 0.15) is 23.7 Å². The fraction of sp³-hybridized carbons (Fsp3) is 0.467. The van der Waals surface area contributed by atoms with Crippen molar-refractivity contribution < 1.29 is 14.0 Å². The Morgan fingerprint density at radius 3 is 3.00 bits per heavy atom. The smallest absolute Gasteiger partial charge is 0.252 e. The summed E-state index contributed by atoms with van der Waals surface area (Å²) in [7, 11) is 0. The fourth-order valence-corrected chi connectivity index (χ4v) is 2.79. The molecule has 1 aromatic carbocycles. The van der Waals surface area contributed by atoms with Crippen molar-refractivity contribution in [1.82, 2.24) is 15.5 Å². The molecule has 0 aliphatic carbocycles. The van der Waals surface area contributed by atoms with E-state index in [2.05, 4.69) is 26.6 Å². The van der Waals surface area contributed by atoms with E-state index < -0.39 is 11.7 Å². The van der Waals surface area contributed by atoms with Crippen molar-refractivity contribution in [3.63, 3.8) is 0 Å². The van der Waals surface area contributed by atoms with Crippen LogP contribution in [0.4, 0.5) is 4.39 Å². The van der Waals surface area contributed by atoms with Crippen molar-refractivity contribution in [2.45, 2.75) is 19.4 Å². The summed E-state index contributed by atoms with van der Waals surface area (Å²) >= 11 is 3.21. The van der Waals surface area contributed by atoms with Crippen LogP contribution in [0, 0.1) is 5.82 Å². The van der Waals surface area contributed by atoms with Crippen LogP contribution in [-0.4, -0.2) is 48.9 Å². The zero-order valence-electron chi connectivity index (χ0n) is 12.4. The third-order valence-corrected chi connectivity index (χ3v) is 4.21. The number of carbonyl (C=O) groups is 2. The highest BCUT2D eigenvalue weighted by molar-refractivity contribution is 9.10. The average Bonchev–Trinajstić information content (AvgIpc) is 2.49. The predicted molar refractivity (Wildman–Crippen MR) is 85.1 cm³/mol. The van der Waals surface area contributed by atoms with Gasteiger partial charge in [0.05, 0.1) is 5.56 Å². The lowest BCUT2D eigenvalue weighted by Gasteiger charge is -2.32. The Bertz CT molecular complexity index is 568. The van der Waals surface area contributed by atoms with Crippen molar-refractivity contribution in [3.05, 3.63) is 34.1 Å². The molecule has 1 unspecified atom stereocenters. The topological polar surface area (TPSA) is 61.4 Å². The zero-order valence-corrected chi connectivity index (χ0v) is 14.0. The summed E-state index contributed by atoms with van der Waals surface area (Å²) in [5.74, 6) is -0.848. The van der Waals surface area contributed by atoms with Crippen LogP contribution < -0.4 is 10.6 Å². The Morgan fingerprint density at radius 2 is 2.27 bits per heavy atom. The lowest BCUT2D eigenvalue weighted by molar-refractivity contribution is -0.132. The molecule has 120 valence electrons. The molecular formula is C15H19BrFN3O2. The highest BCUT2D eigenvalue weighted by Gasteiger charge is 2.20. The second kappa shape index (κ2) is 7.69. The molecule has 1 atom stereocenters. The number of hydrogen-bond acceptors (Lipinski definition) is 3. The predicted octanol–water partition coefficient (Wildman–Crippen LogP) is 1.53. The molecule has 1 aliphatic rings. The molecule has 0 spiro atoms. The maximum absolute atomic E-state index is 13.2. The van der Waals surface area contributed by atoms with Crippen LogP contribution in [0.15, 0.2) is 22.7 Å². The molecule has 1 saturated heterocycles. The minimum atomic E-state index is -0.473. The molecule has 2 amide bonds. The second-order valence-electron chi connectivity index (χ2n) is 5.32. The molecule has 7 heteroatoms. The molecule has 1 aromatic rings. The van der Waals surface area contributed by atoms with Gasteiger partial charge in [0.25, 0.3) is 5.91 Å². The van der Waals surface area contributed by atoms with Gasteiger partial charge in [-0.3, -0.25) is 9.59 Å². The van der Waals surface area contributed by atoms with Gasteiger partial charge in [0.2, 0.25) is 5.91 Å². The number of benzene rings is 1. The Morgan fingerprint density at radius 1 is 1.50 bits per heavy atom. The molecule has 0 radical (unpaired) electrons. The SMILES string of the molecule is CC1CN(C(=O)CCNC(=O)c2cc(F)ccc2Br)CCN1. The number of rotatable bonds is 4. The van der Waals surface area contributed by atoms with Crippen LogP contribution in [0.5, 0.6) is 0 Å². The first-order valence-electron chi connectivity index (χ1n) is 7.22. The normalized spacial score (nSPS) is 18.1. The first-order valence-corrected chi connectivity index (χ1v) is 8.01. The van der Waals surface area contributed by atoms with E-state index in [1.165, 1.54) is 18.2 Å². The van der Waals surface area contributed by atoms with Gasteiger partial charge in [-0.25, -0.2) is 4.39 Å². The van der Waals surface area contributed by atoms with Crippen molar-refractivity contribution >= 4 is 27.7 Å². The van der Waals surface area contributed by atoms with Gasteiger partial charge in [-0.1, -0.05) is 0 Å². The van der Waals surface area contributed by atoms with E-state index in [4.69, 9.17) is 0 Å². The van der Waals surface area contributed by atoms with Gasteiger partial charge in [0, 0.05) is 43.1 Å². The number of piperazine rings is 1. The van der Waals surface area contributed by atoms with E-state index in [0.29, 0.717) is 17.6 Å². The van der Waals surface area contributed by atoms with E-state index in [1.807, 2.05) is 6.92 Å². The molecule has 0 aromatic heterocycles. The van der Waals surface area contributed by atoms with Crippen molar-refractivity contribution in [2.75, 3.05) is 26.2 Å². The van der Waals surface area contributed by atoms with Crippen LogP contribution in [-0.2, 0) is 4.79 Å². The molecule has 2 N–H and O–H groups in total. The van der Waals surface area contributed by atoms with Gasteiger partial charge in [-0.15, -0.1) is 0 Å². The highest BCUT2D eigenvalue weighted by atomic mass is 79.9. The molecule has 1 aliphatic heterocycles. The maximum atomic E-state index is 13.2. The van der Waals surface area contributed by atoms with Gasteiger partial charge in [-0.05, 0) is 41.1 Å². The fourth-order valence-electron chi connectivity index (χ4n) is 2.37. The van der Waals surface area contributed by atoms with Crippen LogP contribution in [0.25, 0.3) is 0 Å². The van der Waals surface area contributed by atoms with E-state index >= 15 is 0 Å². The van der Waals surface area contributed by atoms with E-state index in [-0.39, 0.29) is 30.5 Å². The minimum absolute atomic E-state index is 0.0203. The quantitative estimate of drug-likeness (QED) is 0.843. The molecule has 1 fully saturated rings. The molecular weight excluding hydrogens is 353 g/mol. The van der Waals surface area contributed by atoms with Crippen molar-refractivity contribution in [3.8, 4) is 0 Å². The van der Waals surface area contributed by atoms with Gasteiger partial charge in [0.15, 0.2) is 0 Å². The number of hydrogen-bond donors (Lipinski definition) is 2. The number of nitrogens with zero attached hydrogens (tertiary/aromatic N) is 1. The zero-order chi connectivity index (χ0) is 16.1. The Kier molecular flexibility index (Phi) is 5.90. The van der Waals surface area contributed by atoms with Gasteiger partial charge < -0.3 is 15.5 Å². The van der Waals surface area contributed by atoms with Gasteiger partial charge >= 0.3 is 0 Å². The van der Waals surface area contributed by atoms with E-state index in [0.717, 1.165) is 6.54 Å². The second-order valence-corrected chi connectivity index (χ2v) is 6.18. The molecule has 5 nitrogen and oxygen atoms in total. The standard InChI is InChI=1S/C15H19BrFN3O2/c1-10-9-20(7-6-18-10)14(21)4-5-19-15(22)12-8-11(17)2-3-13(12)16/h2-3,8,10,18H,4-7,9H2,1H3,(H,19,22). The number of carbonyl (C=O) groups excluding carboxylic acids is 2. The van der Waals surface area contributed by atoms with Crippen molar-refractivity contribution in [2.24, 2.45) is 0 Å². The minimum Gasteiger partial charge on any atom is -0.351 e. The van der Waals surface area contributed by atoms with Crippen molar-refractivity contribution in [1.29, 1.82) is 0 Å². The Hall–Kier alpha value is -1.47. The highest BCUT2D eigenvalue weighted by Crippen LogP contribution is 2.17. The van der Waals surface area contributed by atoms with Crippen LogP contribution >= 0.6 is 15.9 Å². The third-order valence-electron chi connectivity index (χ3n) is 3.52. The van der Waals surface area contributed by atoms with E-state index in [1.54, 1.807) is 4.90 Å². The summed E-state index contributed by atoms with van der Waals surface area (Å²) in [6.45, 7) is 4.42. The third kappa shape index (κ3) is 4.51. The summed E-state index contributed by atoms with van der Waals surface area (Å²) < 4.78 is 13.7. The monoisotopic (exact) mass is 371 g/mol. The van der Waals surface area contributed by atoms with Crippen LogP contribution in [0.2, 0.25) is 0 Å². The molecule has 0 saturated carbocycles. The first kappa shape index (κ1) is 16.9. The average molecular weight is 372 g/mol. The first-order chi connectivity index (χ1) is 10.5. The van der Waals surface area contributed by atoms with Gasteiger partial charge in [0.1, 0.15) is 5.82 Å². The molecule has 2 rings (SSSR count). The number of halogens is 2. The lowest BCUT2D eigenvalue weighted by Crippen LogP contribution is -2.51. The van der Waals surface area contributed by atoms with Crippen LogP contribution in [0.3, 0.4) is 0 Å². The summed E-state index contributed by atoms with van der Waals surface area (Å²) in [5.41, 5.74) is 0.225. The summed E-state index contributed by atoms with van der Waals surface area (Å²) in [6.07, 6.45) is 0.241. The molecule has 0 bridgehead atoms. The summed E-state index contributed by atoms with van der Waals surface area (Å²) in [5, 5.41) is 5.92. The number of nitrogens with one attached hydrogen (secondary N) is 2. The summed E-state index contributed by atoms with van der Waals surface area (Å²) in [6, 6.07) is 4.21. The number of amides is 2. The summed E-state index contributed by atoms with van der Waals surface area (Å²) in [4.78, 5) is 25.8. The Labute approximate surface area is 137 Å². The van der Waals surface area contributed by atoms with E-state index in [9.17, 15) is 14.0 Å². The maximum Gasteiger partial charge on any atom is 0.252 e. The molecule has 1 heterocycles.